The second kappa shape index (κ2) is 5.00. The largest absolute Gasteiger partial charge is 0.397 e. The first kappa shape index (κ1) is 12.9. The minimum Gasteiger partial charge on any atom is -0.397 e. The minimum atomic E-state index is -0.639. The number of benzene rings is 2. The number of para-hydroxylation sites is 1. The molecule has 0 aliphatic rings. The Labute approximate surface area is 112 Å². The summed E-state index contributed by atoms with van der Waals surface area (Å²) in [6.45, 7) is 0. The van der Waals surface area contributed by atoms with E-state index in [2.05, 4.69) is 5.32 Å². The molecule has 0 atom stereocenters. The van der Waals surface area contributed by atoms with E-state index < -0.39 is 11.6 Å². The SMILES string of the molecule is Nc1cc(F)c(Cl)cc1Nc1c(F)cccc1Cl. The van der Waals surface area contributed by atoms with E-state index in [9.17, 15) is 8.78 Å². The highest BCUT2D eigenvalue weighted by atomic mass is 35.5. The monoisotopic (exact) mass is 288 g/mol. The van der Waals surface area contributed by atoms with Crippen LogP contribution in [0, 0.1) is 11.6 Å². The van der Waals surface area contributed by atoms with Crippen molar-refractivity contribution in [2.75, 3.05) is 11.1 Å². The topological polar surface area (TPSA) is 38.0 Å². The molecule has 6 heteroatoms. The Kier molecular flexibility index (Phi) is 3.59. The standard InChI is InChI=1S/C12H8Cl2F2N2/c13-6-2-1-3-8(15)12(6)18-11-4-7(14)9(16)5-10(11)17/h1-5,18H,17H2. The third kappa shape index (κ3) is 2.49. The molecule has 94 valence electrons. The highest BCUT2D eigenvalue weighted by molar-refractivity contribution is 6.33. The van der Waals surface area contributed by atoms with Crippen LogP contribution in [0.1, 0.15) is 0 Å². The first-order chi connectivity index (χ1) is 8.49. The molecule has 2 aromatic rings. The molecule has 3 N–H and O–H groups in total. The first-order valence-corrected chi connectivity index (χ1v) is 5.70. The first-order valence-electron chi connectivity index (χ1n) is 4.94. The van der Waals surface area contributed by atoms with E-state index in [1.165, 1.54) is 24.3 Å². The highest BCUT2D eigenvalue weighted by Crippen LogP contribution is 2.33. The summed E-state index contributed by atoms with van der Waals surface area (Å²) in [5, 5.41) is 2.77. The molecule has 0 saturated heterocycles. The van der Waals surface area contributed by atoms with Crippen molar-refractivity contribution in [1.29, 1.82) is 0 Å². The van der Waals surface area contributed by atoms with Crippen LogP contribution < -0.4 is 11.1 Å². The quantitative estimate of drug-likeness (QED) is 0.793. The molecule has 0 aliphatic carbocycles. The van der Waals surface area contributed by atoms with E-state index in [-0.39, 0.29) is 27.1 Å². The maximum Gasteiger partial charge on any atom is 0.148 e. The van der Waals surface area contributed by atoms with Crippen LogP contribution in [-0.2, 0) is 0 Å². The lowest BCUT2D eigenvalue weighted by Crippen LogP contribution is -2.00. The van der Waals surface area contributed by atoms with Crippen molar-refractivity contribution in [3.63, 3.8) is 0 Å². The molecule has 0 amide bonds. The normalized spacial score (nSPS) is 10.4. The number of hydrogen-bond donors (Lipinski definition) is 2. The smallest absolute Gasteiger partial charge is 0.148 e. The van der Waals surface area contributed by atoms with Gasteiger partial charge in [0, 0.05) is 6.07 Å². The molecule has 2 nitrogen and oxygen atoms in total. The van der Waals surface area contributed by atoms with Crippen molar-refractivity contribution in [2.45, 2.75) is 0 Å². The molecule has 2 rings (SSSR count). The fourth-order valence-electron chi connectivity index (χ4n) is 1.42. The molecular formula is C12H8Cl2F2N2. The van der Waals surface area contributed by atoms with Gasteiger partial charge in [-0.3, -0.25) is 0 Å². The van der Waals surface area contributed by atoms with Gasteiger partial charge in [0.25, 0.3) is 0 Å². The number of halogens is 4. The van der Waals surface area contributed by atoms with Gasteiger partial charge in [0.15, 0.2) is 0 Å². The Balaban J connectivity index is 2.43. The van der Waals surface area contributed by atoms with Gasteiger partial charge in [-0.1, -0.05) is 29.3 Å². The zero-order valence-electron chi connectivity index (χ0n) is 8.98. The number of nitrogens with two attached hydrogens (primary N) is 1. The summed E-state index contributed by atoms with van der Waals surface area (Å²) >= 11 is 11.5. The van der Waals surface area contributed by atoms with Gasteiger partial charge in [0.2, 0.25) is 0 Å². The average Bonchev–Trinajstić information content (AvgIpc) is 2.30. The molecule has 0 aromatic heterocycles. The van der Waals surface area contributed by atoms with Gasteiger partial charge in [0.05, 0.1) is 27.1 Å². The summed E-state index contributed by atoms with van der Waals surface area (Å²) in [5.41, 5.74) is 6.07. The molecule has 0 aliphatic heterocycles. The van der Waals surface area contributed by atoms with Crippen LogP contribution in [0.3, 0.4) is 0 Å². The number of hydrogen-bond acceptors (Lipinski definition) is 2. The second-order valence-corrected chi connectivity index (χ2v) is 4.39. The second-order valence-electron chi connectivity index (χ2n) is 3.58. The summed E-state index contributed by atoms with van der Waals surface area (Å²) < 4.78 is 26.7. The average molecular weight is 289 g/mol. The summed E-state index contributed by atoms with van der Waals surface area (Å²) in [4.78, 5) is 0. The Bertz CT molecular complexity index is 583. The van der Waals surface area contributed by atoms with Crippen molar-refractivity contribution in [3.05, 3.63) is 52.0 Å². The molecule has 0 bridgehead atoms. The molecule has 18 heavy (non-hydrogen) atoms. The number of anilines is 3. The molecule has 0 fully saturated rings. The van der Waals surface area contributed by atoms with Crippen LogP contribution in [-0.4, -0.2) is 0 Å². The zero-order valence-corrected chi connectivity index (χ0v) is 10.5. The summed E-state index contributed by atoms with van der Waals surface area (Å²) in [7, 11) is 0. The summed E-state index contributed by atoms with van der Waals surface area (Å²) in [6, 6.07) is 6.57. The number of rotatable bonds is 2. The van der Waals surface area contributed by atoms with Gasteiger partial charge in [0.1, 0.15) is 11.6 Å². The molecule has 2 aromatic carbocycles. The minimum absolute atomic E-state index is 0.0635. The maximum atomic E-state index is 13.6. The van der Waals surface area contributed by atoms with Crippen LogP contribution in [0.25, 0.3) is 0 Å². The fourth-order valence-corrected chi connectivity index (χ4v) is 1.80. The lowest BCUT2D eigenvalue weighted by molar-refractivity contribution is 0.629. The molecule has 0 unspecified atom stereocenters. The molecule has 0 spiro atoms. The van der Waals surface area contributed by atoms with Gasteiger partial charge in [-0.05, 0) is 18.2 Å². The van der Waals surface area contributed by atoms with Gasteiger partial charge < -0.3 is 11.1 Å². The lowest BCUT2D eigenvalue weighted by atomic mass is 10.2. The Hall–Kier alpha value is -1.52. The Morgan fingerprint density at radius 1 is 1.00 bits per heavy atom. The van der Waals surface area contributed by atoms with Crippen molar-refractivity contribution >= 4 is 40.3 Å². The lowest BCUT2D eigenvalue weighted by Gasteiger charge is -2.12. The number of nitrogens with one attached hydrogen (secondary N) is 1. The number of nitrogen functional groups attached to an aromatic ring is 1. The van der Waals surface area contributed by atoms with Crippen molar-refractivity contribution in [3.8, 4) is 0 Å². The van der Waals surface area contributed by atoms with Gasteiger partial charge in [-0.25, -0.2) is 8.78 Å². The summed E-state index contributed by atoms with van der Waals surface area (Å²) in [5.74, 6) is -1.18. The van der Waals surface area contributed by atoms with Crippen LogP contribution in [0.4, 0.5) is 25.8 Å². The van der Waals surface area contributed by atoms with Crippen molar-refractivity contribution in [2.24, 2.45) is 0 Å². The van der Waals surface area contributed by atoms with Crippen LogP contribution in [0.2, 0.25) is 10.0 Å². The van der Waals surface area contributed by atoms with Gasteiger partial charge in [-0.15, -0.1) is 0 Å². The third-order valence-electron chi connectivity index (χ3n) is 2.31. The zero-order chi connectivity index (χ0) is 13.3. The molecule has 0 saturated carbocycles. The van der Waals surface area contributed by atoms with E-state index >= 15 is 0 Å². The molecule has 0 radical (unpaired) electrons. The predicted molar refractivity (Wildman–Crippen MR) is 70.5 cm³/mol. The maximum absolute atomic E-state index is 13.6. The Morgan fingerprint density at radius 3 is 2.39 bits per heavy atom. The summed E-state index contributed by atoms with van der Waals surface area (Å²) in [6.07, 6.45) is 0. The van der Waals surface area contributed by atoms with E-state index in [0.717, 1.165) is 6.07 Å². The molecular weight excluding hydrogens is 281 g/mol. The van der Waals surface area contributed by atoms with Crippen LogP contribution >= 0.6 is 23.2 Å². The van der Waals surface area contributed by atoms with Gasteiger partial charge >= 0.3 is 0 Å². The van der Waals surface area contributed by atoms with E-state index in [1.807, 2.05) is 0 Å². The Morgan fingerprint density at radius 2 is 1.72 bits per heavy atom. The van der Waals surface area contributed by atoms with Crippen molar-refractivity contribution in [1.82, 2.24) is 0 Å². The van der Waals surface area contributed by atoms with Gasteiger partial charge in [-0.2, -0.15) is 0 Å². The van der Waals surface area contributed by atoms with E-state index in [4.69, 9.17) is 28.9 Å². The molecule has 0 heterocycles. The van der Waals surface area contributed by atoms with Crippen LogP contribution in [0.5, 0.6) is 0 Å². The van der Waals surface area contributed by atoms with Crippen LogP contribution in [0.15, 0.2) is 30.3 Å². The predicted octanol–water partition coefficient (Wildman–Crippen LogP) is 4.60. The van der Waals surface area contributed by atoms with E-state index in [0.29, 0.717) is 0 Å². The third-order valence-corrected chi connectivity index (χ3v) is 2.92. The van der Waals surface area contributed by atoms with E-state index in [1.54, 1.807) is 0 Å². The van der Waals surface area contributed by atoms with Crippen molar-refractivity contribution < 1.29 is 8.78 Å². The fraction of sp³-hybridized carbons (Fsp3) is 0. The highest BCUT2D eigenvalue weighted by Gasteiger charge is 2.11.